The Balaban J connectivity index is 2.21. The zero-order valence-corrected chi connectivity index (χ0v) is 16.6. The van der Waals surface area contributed by atoms with Crippen molar-refractivity contribution in [3.63, 3.8) is 0 Å². The summed E-state index contributed by atoms with van der Waals surface area (Å²) in [5.74, 6) is 0.753. The minimum absolute atomic E-state index is 0.177. The molecule has 0 spiro atoms. The molecule has 4 rings (SSSR count). The van der Waals surface area contributed by atoms with Crippen molar-refractivity contribution in [2.45, 2.75) is 0 Å². The summed E-state index contributed by atoms with van der Waals surface area (Å²) in [6.07, 6.45) is 0. The lowest BCUT2D eigenvalue weighted by Crippen LogP contribution is -1.99. The quantitative estimate of drug-likeness (QED) is 0.433. The van der Waals surface area contributed by atoms with Crippen molar-refractivity contribution in [3.8, 4) is 45.9 Å². The summed E-state index contributed by atoms with van der Waals surface area (Å²) >= 11 is 0. The highest BCUT2D eigenvalue weighted by Gasteiger charge is 2.23. The molecule has 0 unspecified atom stereocenters. The van der Waals surface area contributed by atoms with Crippen LogP contribution in [-0.2, 0) is 0 Å². The van der Waals surface area contributed by atoms with E-state index in [0.29, 0.717) is 11.5 Å². The van der Waals surface area contributed by atoms with Crippen molar-refractivity contribution < 1.29 is 9.47 Å². The lowest BCUT2D eigenvalue weighted by molar-refractivity contribution is 0.408. The third kappa shape index (κ3) is 3.02. The van der Waals surface area contributed by atoms with Crippen LogP contribution >= 0.6 is 0 Å². The lowest BCUT2D eigenvalue weighted by atomic mass is 9.89. The molecule has 0 aliphatic rings. The highest BCUT2D eigenvalue weighted by molar-refractivity contribution is 6.04. The second-order valence-corrected chi connectivity index (χ2v) is 6.72. The second-order valence-electron chi connectivity index (χ2n) is 6.72. The largest absolute Gasteiger partial charge is 0.495 e. The number of methoxy groups -OCH3 is 2. The molecular formula is C26H18N2O2. The fourth-order valence-electron chi connectivity index (χ4n) is 3.82. The van der Waals surface area contributed by atoms with E-state index in [0.717, 1.165) is 33.0 Å². The lowest BCUT2D eigenvalue weighted by Gasteiger charge is -2.18. The first-order valence-corrected chi connectivity index (χ1v) is 9.40. The van der Waals surface area contributed by atoms with E-state index in [1.54, 1.807) is 0 Å². The van der Waals surface area contributed by atoms with Crippen LogP contribution in [0.25, 0.3) is 33.0 Å². The van der Waals surface area contributed by atoms with Gasteiger partial charge in [0.05, 0.1) is 14.2 Å². The molecule has 0 bridgehead atoms. The number of nitriles is 2. The predicted octanol–water partition coefficient (Wildman–Crippen LogP) is 5.93. The maximum Gasteiger partial charge on any atom is 0.146 e. The van der Waals surface area contributed by atoms with Crippen LogP contribution in [-0.4, -0.2) is 14.2 Å². The molecule has 4 heteroatoms. The van der Waals surface area contributed by atoms with E-state index in [1.807, 2.05) is 72.8 Å². The molecule has 0 saturated carbocycles. The molecule has 0 aliphatic carbocycles. The Kier molecular flexibility index (Phi) is 5.08. The molecule has 4 aromatic rings. The first-order chi connectivity index (χ1) is 14.7. The van der Waals surface area contributed by atoms with Crippen molar-refractivity contribution in [3.05, 3.63) is 83.9 Å². The zero-order valence-electron chi connectivity index (χ0n) is 16.6. The Morgan fingerprint density at radius 2 is 0.967 bits per heavy atom. The highest BCUT2D eigenvalue weighted by atomic mass is 16.5. The SMILES string of the molecule is COc1c(C#N)c(C#N)c(OC)c2cc(-c3ccccc3)c(-c3ccccc3)cc12. The summed E-state index contributed by atoms with van der Waals surface area (Å²) < 4.78 is 11.2. The minimum Gasteiger partial charge on any atom is -0.495 e. The molecule has 4 aromatic carbocycles. The average molecular weight is 390 g/mol. The van der Waals surface area contributed by atoms with E-state index in [1.165, 1.54) is 14.2 Å². The summed E-state index contributed by atoms with van der Waals surface area (Å²) in [5, 5.41) is 20.9. The molecule has 0 amide bonds. The van der Waals surface area contributed by atoms with Crippen LogP contribution < -0.4 is 9.47 Å². The van der Waals surface area contributed by atoms with E-state index in [9.17, 15) is 10.5 Å². The van der Waals surface area contributed by atoms with Crippen LogP contribution in [0.3, 0.4) is 0 Å². The molecule has 0 heterocycles. The maximum atomic E-state index is 9.72. The van der Waals surface area contributed by atoms with Gasteiger partial charge < -0.3 is 9.47 Å². The fourth-order valence-corrected chi connectivity index (χ4v) is 3.82. The van der Waals surface area contributed by atoms with E-state index >= 15 is 0 Å². The van der Waals surface area contributed by atoms with E-state index < -0.39 is 0 Å². The molecule has 30 heavy (non-hydrogen) atoms. The van der Waals surface area contributed by atoms with Gasteiger partial charge >= 0.3 is 0 Å². The van der Waals surface area contributed by atoms with Gasteiger partial charge in [-0.3, -0.25) is 0 Å². The Morgan fingerprint density at radius 3 is 1.27 bits per heavy atom. The Labute approximate surface area is 175 Å². The first-order valence-electron chi connectivity index (χ1n) is 9.40. The van der Waals surface area contributed by atoms with Gasteiger partial charge in [0.25, 0.3) is 0 Å². The normalized spacial score (nSPS) is 10.3. The van der Waals surface area contributed by atoms with Gasteiger partial charge in [-0.05, 0) is 34.4 Å². The minimum atomic E-state index is 0.177. The Hall–Kier alpha value is -4.28. The standard InChI is InChI=1S/C26H18N2O2/c1-29-25-21-13-19(17-9-5-3-6-10-17)20(18-11-7-4-8-12-18)14-22(21)26(30-2)24(16-28)23(25)15-27/h3-14H,1-2H3. The van der Waals surface area contributed by atoms with Crippen LogP contribution in [0.1, 0.15) is 11.1 Å². The molecule has 0 saturated heterocycles. The zero-order chi connectivity index (χ0) is 21.1. The highest BCUT2D eigenvalue weighted by Crippen LogP contribution is 2.45. The number of hydrogen-bond acceptors (Lipinski definition) is 4. The molecule has 0 aliphatic heterocycles. The number of nitrogens with zero attached hydrogens (tertiary/aromatic N) is 2. The third-order valence-electron chi connectivity index (χ3n) is 5.15. The summed E-state index contributed by atoms with van der Waals surface area (Å²) in [5.41, 5.74) is 4.45. The summed E-state index contributed by atoms with van der Waals surface area (Å²) in [4.78, 5) is 0. The van der Waals surface area contributed by atoms with Crippen LogP contribution in [0.15, 0.2) is 72.8 Å². The monoisotopic (exact) mass is 390 g/mol. The van der Waals surface area contributed by atoms with Gasteiger partial charge in [0.1, 0.15) is 34.8 Å². The molecule has 0 fully saturated rings. The van der Waals surface area contributed by atoms with Crippen LogP contribution in [0.5, 0.6) is 11.5 Å². The number of ether oxygens (including phenoxy) is 2. The Bertz CT molecular complexity index is 1210. The van der Waals surface area contributed by atoms with Gasteiger partial charge in [-0.2, -0.15) is 10.5 Å². The van der Waals surface area contributed by atoms with Crippen molar-refractivity contribution in [2.24, 2.45) is 0 Å². The Morgan fingerprint density at radius 1 is 0.600 bits per heavy atom. The van der Waals surface area contributed by atoms with Gasteiger partial charge in [0, 0.05) is 10.8 Å². The topological polar surface area (TPSA) is 66.0 Å². The molecule has 0 N–H and O–H groups in total. The molecule has 0 radical (unpaired) electrons. The van der Waals surface area contributed by atoms with Gasteiger partial charge in [0.2, 0.25) is 0 Å². The maximum absolute atomic E-state index is 9.72. The van der Waals surface area contributed by atoms with E-state index in [2.05, 4.69) is 12.1 Å². The number of rotatable bonds is 4. The van der Waals surface area contributed by atoms with Crippen LogP contribution in [0.4, 0.5) is 0 Å². The summed E-state index contributed by atoms with van der Waals surface area (Å²) in [6, 6.07) is 28.4. The summed E-state index contributed by atoms with van der Waals surface area (Å²) in [6.45, 7) is 0. The van der Waals surface area contributed by atoms with E-state index in [4.69, 9.17) is 9.47 Å². The first kappa shape index (κ1) is 19.1. The smallest absolute Gasteiger partial charge is 0.146 e. The van der Waals surface area contributed by atoms with Gasteiger partial charge in [0.15, 0.2) is 0 Å². The number of fused-ring (bicyclic) bond motifs is 1. The molecule has 144 valence electrons. The number of hydrogen-bond donors (Lipinski definition) is 0. The molecule has 4 nitrogen and oxygen atoms in total. The third-order valence-corrected chi connectivity index (χ3v) is 5.15. The van der Waals surface area contributed by atoms with Crippen molar-refractivity contribution in [1.29, 1.82) is 10.5 Å². The van der Waals surface area contributed by atoms with Gasteiger partial charge in [-0.15, -0.1) is 0 Å². The van der Waals surface area contributed by atoms with Crippen molar-refractivity contribution in [1.82, 2.24) is 0 Å². The molecule has 0 aromatic heterocycles. The van der Waals surface area contributed by atoms with Crippen molar-refractivity contribution >= 4 is 10.8 Å². The number of benzene rings is 4. The average Bonchev–Trinajstić information content (AvgIpc) is 2.82. The van der Waals surface area contributed by atoms with Crippen LogP contribution in [0.2, 0.25) is 0 Å². The van der Waals surface area contributed by atoms with Crippen LogP contribution in [0, 0.1) is 22.7 Å². The second kappa shape index (κ2) is 7.99. The van der Waals surface area contributed by atoms with Gasteiger partial charge in [-0.1, -0.05) is 60.7 Å². The predicted molar refractivity (Wildman–Crippen MR) is 117 cm³/mol. The molecule has 0 atom stereocenters. The molecular weight excluding hydrogens is 372 g/mol. The van der Waals surface area contributed by atoms with Gasteiger partial charge in [-0.25, -0.2) is 0 Å². The fraction of sp³-hybridized carbons (Fsp3) is 0.0769. The van der Waals surface area contributed by atoms with E-state index in [-0.39, 0.29) is 11.1 Å². The van der Waals surface area contributed by atoms with Crippen molar-refractivity contribution in [2.75, 3.05) is 14.2 Å². The summed E-state index contributed by atoms with van der Waals surface area (Å²) in [7, 11) is 3.02.